The van der Waals surface area contributed by atoms with E-state index in [1.807, 2.05) is 0 Å². The van der Waals surface area contributed by atoms with Gasteiger partial charge in [0, 0.05) is 29.1 Å². The largest absolute Gasteiger partial charge is 0.380 e. The average Bonchev–Trinajstić information content (AvgIpc) is 2.59. The van der Waals surface area contributed by atoms with Gasteiger partial charge in [-0.1, -0.05) is 6.08 Å². The van der Waals surface area contributed by atoms with E-state index in [4.69, 9.17) is 9.47 Å². The van der Waals surface area contributed by atoms with Gasteiger partial charge >= 0.3 is 0 Å². The Hall–Kier alpha value is -1.35. The van der Waals surface area contributed by atoms with E-state index in [2.05, 4.69) is 6.58 Å². The number of rotatable bonds is 6. The molecular formula is C21H27F2NO4S. The van der Waals surface area contributed by atoms with Crippen molar-refractivity contribution in [1.82, 2.24) is 4.31 Å². The molecule has 1 aliphatic carbocycles. The monoisotopic (exact) mass is 427 g/mol. The third-order valence-electron chi connectivity index (χ3n) is 6.44. The fourth-order valence-corrected chi connectivity index (χ4v) is 6.68. The normalized spacial score (nSPS) is 27.2. The maximum absolute atomic E-state index is 15.1. The highest BCUT2D eigenvalue weighted by Crippen LogP contribution is 2.60. The zero-order valence-corrected chi connectivity index (χ0v) is 17.4. The summed E-state index contributed by atoms with van der Waals surface area (Å²) >= 11 is 0. The van der Waals surface area contributed by atoms with Crippen LogP contribution in [0.4, 0.5) is 8.78 Å². The van der Waals surface area contributed by atoms with Gasteiger partial charge < -0.3 is 9.47 Å². The maximum Gasteiger partial charge on any atom is 0.214 e. The summed E-state index contributed by atoms with van der Waals surface area (Å²) in [4.78, 5) is 0. The fourth-order valence-electron chi connectivity index (χ4n) is 4.92. The quantitative estimate of drug-likeness (QED) is 0.653. The van der Waals surface area contributed by atoms with Gasteiger partial charge in [-0.3, -0.25) is 0 Å². The summed E-state index contributed by atoms with van der Waals surface area (Å²) in [6.45, 7) is 6.74. The van der Waals surface area contributed by atoms with Crippen LogP contribution in [-0.4, -0.2) is 44.3 Å². The molecule has 160 valence electrons. The van der Waals surface area contributed by atoms with Crippen molar-refractivity contribution in [2.75, 3.05) is 25.6 Å². The summed E-state index contributed by atoms with van der Waals surface area (Å²) in [5, 5.41) is 0. The Bertz CT molecular complexity index is 906. The molecule has 0 bridgehead atoms. The van der Waals surface area contributed by atoms with Crippen LogP contribution in [-0.2, 0) is 31.6 Å². The second-order valence-electron chi connectivity index (χ2n) is 8.72. The lowest BCUT2D eigenvalue weighted by molar-refractivity contribution is -0.259. The molecule has 0 unspecified atom stereocenters. The average molecular weight is 428 g/mol. The van der Waals surface area contributed by atoms with Gasteiger partial charge in [-0.05, 0) is 44.7 Å². The number of benzene rings is 1. The first-order valence-electron chi connectivity index (χ1n) is 10.0. The lowest BCUT2D eigenvalue weighted by Gasteiger charge is -2.59. The summed E-state index contributed by atoms with van der Waals surface area (Å²) < 4.78 is 67.3. The molecule has 0 radical (unpaired) electrons. The highest BCUT2D eigenvalue weighted by molar-refractivity contribution is 7.89. The van der Waals surface area contributed by atoms with Crippen molar-refractivity contribution in [2.24, 2.45) is 5.41 Å². The molecule has 3 aliphatic rings. The van der Waals surface area contributed by atoms with E-state index in [-0.39, 0.29) is 41.5 Å². The standard InChI is InChI=1S/C21H27F2NO4S/c1-3-6-28-21(11-20(12-21)13-27-14-20)17-9-18(22)16(8-19(17)23)10-24-15(2)5-4-7-29(24,25)26/h3,8-9,15H,1,4-7,10-14H2,2H3/t15-/m0/s1. The lowest BCUT2D eigenvalue weighted by atomic mass is 9.55. The van der Waals surface area contributed by atoms with E-state index in [0.29, 0.717) is 38.9 Å². The van der Waals surface area contributed by atoms with Crippen LogP contribution in [0.15, 0.2) is 24.8 Å². The van der Waals surface area contributed by atoms with E-state index in [0.717, 1.165) is 6.07 Å². The highest BCUT2D eigenvalue weighted by Gasteiger charge is 2.60. The van der Waals surface area contributed by atoms with E-state index in [1.165, 1.54) is 10.4 Å². The third-order valence-corrected chi connectivity index (χ3v) is 8.45. The molecule has 2 aliphatic heterocycles. The Morgan fingerprint density at radius 3 is 2.62 bits per heavy atom. The Morgan fingerprint density at radius 2 is 2.03 bits per heavy atom. The van der Waals surface area contributed by atoms with E-state index in [1.54, 1.807) is 13.0 Å². The van der Waals surface area contributed by atoms with Gasteiger partial charge in [0.1, 0.15) is 11.6 Å². The van der Waals surface area contributed by atoms with Crippen LogP contribution in [0.5, 0.6) is 0 Å². The van der Waals surface area contributed by atoms with Crippen molar-refractivity contribution in [2.45, 2.75) is 50.8 Å². The van der Waals surface area contributed by atoms with Gasteiger partial charge in [0.15, 0.2) is 0 Å². The molecule has 0 aromatic heterocycles. The minimum Gasteiger partial charge on any atom is -0.380 e. The highest BCUT2D eigenvalue weighted by atomic mass is 32.2. The second kappa shape index (κ2) is 7.41. The SMILES string of the molecule is C=CCOC1(c2cc(F)c(CN3[C@@H](C)CCCS3(=O)=O)cc2F)CC2(COC2)C1. The van der Waals surface area contributed by atoms with Crippen molar-refractivity contribution < 1.29 is 26.7 Å². The van der Waals surface area contributed by atoms with Crippen LogP contribution in [0.2, 0.25) is 0 Å². The van der Waals surface area contributed by atoms with Crippen molar-refractivity contribution in [3.63, 3.8) is 0 Å². The van der Waals surface area contributed by atoms with Gasteiger partial charge in [-0.15, -0.1) is 6.58 Å². The smallest absolute Gasteiger partial charge is 0.214 e. The molecule has 1 aromatic carbocycles. The topological polar surface area (TPSA) is 55.8 Å². The number of halogens is 2. The van der Waals surface area contributed by atoms with Gasteiger partial charge in [0.2, 0.25) is 10.0 Å². The van der Waals surface area contributed by atoms with Crippen molar-refractivity contribution >= 4 is 10.0 Å². The van der Waals surface area contributed by atoms with Gasteiger partial charge in [-0.25, -0.2) is 17.2 Å². The number of sulfonamides is 1. The molecule has 2 heterocycles. The Balaban J connectivity index is 1.62. The molecule has 29 heavy (non-hydrogen) atoms. The van der Waals surface area contributed by atoms with Crippen LogP contribution in [0.1, 0.15) is 43.7 Å². The third kappa shape index (κ3) is 3.65. The summed E-state index contributed by atoms with van der Waals surface area (Å²) in [6.07, 6.45) is 4.03. The van der Waals surface area contributed by atoms with Crippen LogP contribution >= 0.6 is 0 Å². The molecule has 0 amide bonds. The molecule has 8 heteroatoms. The molecule has 1 saturated carbocycles. The van der Waals surface area contributed by atoms with E-state index >= 15 is 4.39 Å². The number of nitrogens with zero attached hydrogens (tertiary/aromatic N) is 1. The molecule has 1 aromatic rings. The fraction of sp³-hybridized carbons (Fsp3) is 0.619. The Morgan fingerprint density at radius 1 is 1.31 bits per heavy atom. The van der Waals surface area contributed by atoms with Crippen LogP contribution in [0, 0.1) is 17.0 Å². The van der Waals surface area contributed by atoms with Crippen LogP contribution < -0.4 is 0 Å². The van der Waals surface area contributed by atoms with E-state index < -0.39 is 27.3 Å². The molecule has 3 fully saturated rings. The molecule has 2 saturated heterocycles. The van der Waals surface area contributed by atoms with Crippen molar-refractivity contribution in [3.05, 3.63) is 47.5 Å². The summed E-state index contributed by atoms with van der Waals surface area (Å²) in [5.74, 6) is -1.13. The minimum absolute atomic E-state index is 0.0138. The number of hydrogen-bond acceptors (Lipinski definition) is 4. The van der Waals surface area contributed by atoms with Gasteiger partial charge in [0.05, 0.1) is 31.2 Å². The summed E-state index contributed by atoms with van der Waals surface area (Å²) in [6, 6.07) is 2.08. The predicted molar refractivity (Wildman–Crippen MR) is 105 cm³/mol. The summed E-state index contributed by atoms with van der Waals surface area (Å²) in [7, 11) is -3.46. The van der Waals surface area contributed by atoms with E-state index in [9.17, 15) is 12.8 Å². The zero-order chi connectivity index (χ0) is 20.9. The predicted octanol–water partition coefficient (Wildman–Crippen LogP) is 3.49. The van der Waals surface area contributed by atoms with Gasteiger partial charge in [0.25, 0.3) is 0 Å². The Labute approximate surface area is 170 Å². The molecular weight excluding hydrogens is 400 g/mol. The number of ether oxygens (including phenoxy) is 2. The first kappa shape index (κ1) is 20.9. The molecule has 4 rings (SSSR count). The van der Waals surface area contributed by atoms with Gasteiger partial charge in [-0.2, -0.15) is 4.31 Å². The Kier molecular flexibility index (Phi) is 5.34. The zero-order valence-electron chi connectivity index (χ0n) is 16.6. The second-order valence-corrected chi connectivity index (χ2v) is 10.8. The van der Waals surface area contributed by atoms with Crippen LogP contribution in [0.25, 0.3) is 0 Å². The van der Waals surface area contributed by atoms with Crippen molar-refractivity contribution in [3.8, 4) is 0 Å². The first-order valence-corrected chi connectivity index (χ1v) is 11.6. The first-order chi connectivity index (χ1) is 13.7. The molecule has 1 spiro atoms. The van der Waals surface area contributed by atoms with Crippen LogP contribution in [0.3, 0.4) is 0 Å². The summed E-state index contributed by atoms with van der Waals surface area (Å²) in [5.41, 5.74) is -0.678. The minimum atomic E-state index is -3.46. The molecule has 0 N–H and O–H groups in total. The number of hydrogen-bond donors (Lipinski definition) is 0. The maximum atomic E-state index is 15.1. The molecule has 1 atom stereocenters. The lowest BCUT2D eigenvalue weighted by Crippen LogP contribution is -2.61. The molecule has 5 nitrogen and oxygen atoms in total. The van der Waals surface area contributed by atoms with Crippen molar-refractivity contribution in [1.29, 1.82) is 0 Å².